The number of hydrogen-bond donors (Lipinski definition) is 16. The van der Waals surface area contributed by atoms with Gasteiger partial charge in [-0.2, -0.15) is 0 Å². The molecule has 112 heavy (non-hydrogen) atoms. The van der Waals surface area contributed by atoms with E-state index in [0.29, 0.717) is 17.5 Å². The van der Waals surface area contributed by atoms with Crippen LogP contribution < -0.4 is 85.7 Å². The first-order valence-electron chi connectivity index (χ1n) is 36.7. The standard InChI is InChI=1S/C72H105N21O18.In/c1-3-4-16-51(84-67(107)53(20-21-61(98)99)82-59(96)38-80-60(97)40-91-26-30-92(41-62(100)101)28-24-90(39-44(2)94)25-29-93(31-27-91)42-63(102)103)65(105)89-57-35-58(95)77-22-11-10-18-50(64(73)104)83-69(109)55(33-46-36-79-49-17-9-8-15-48(46)49)87-66(106)52(19-12-23-78-72(74)75)85-68(108)54(32-45-13-6-5-7-14-45)86-70(110)56(88-71(57)111)34-47-37-76-43-81-47;/h5-9,13-15,17,36-37,43,50-57,79,94H,2-4,10-12,16,18-35,38-42H2,1H3,(H2,73,104)(H,76,81)(H,77,95)(H,80,97)(H,82,96)(H,83,109)(H,84,107)(H,85,108)(H,86,110)(H,87,106)(H,88,111)(H,89,105)(H,98,99)(H,100,101)(H,102,103)(H4,74,75,78);/q;+3/p-3/t50-,51-,52-,53-,54+,55-,56-,57-;/m0./s1/i;1-4. The molecule has 19 N–H and O–H groups in total. The van der Waals surface area contributed by atoms with E-state index in [9.17, 15) is 78.0 Å². The number of nitrogens with two attached hydrogens (primary N) is 3. The molecule has 2 aliphatic heterocycles. The number of aliphatic hydroxyl groups excluding tert-OH is 1. The molecule has 40 heteroatoms. The Morgan fingerprint density at radius 1 is 0.634 bits per heavy atom. The Hall–Kier alpha value is -10.7. The molecule has 6 rings (SSSR count). The number of carboxylic acids is 3. The van der Waals surface area contributed by atoms with Crippen LogP contribution in [0.3, 0.4) is 0 Å². The van der Waals surface area contributed by atoms with Gasteiger partial charge in [-0.25, -0.2) is 4.98 Å². The average Bonchev–Trinajstić information content (AvgIpc) is 1.65. The predicted octanol–water partition coefficient (Wildman–Crippen LogP) is -8.72. The van der Waals surface area contributed by atoms with Crippen LogP contribution >= 0.6 is 0 Å². The van der Waals surface area contributed by atoms with Gasteiger partial charge in [0, 0.05) is 133 Å². The van der Waals surface area contributed by atoms with E-state index in [-0.39, 0.29) is 179 Å². The van der Waals surface area contributed by atoms with E-state index < -0.39 is 177 Å². The van der Waals surface area contributed by atoms with E-state index in [1.807, 2.05) is 6.07 Å². The fourth-order valence-corrected chi connectivity index (χ4v) is 12.5. The molecule has 2 aromatic heterocycles. The van der Waals surface area contributed by atoms with Crippen LogP contribution in [0.25, 0.3) is 10.9 Å². The van der Waals surface area contributed by atoms with Gasteiger partial charge in [0.25, 0.3) is 0 Å². The van der Waals surface area contributed by atoms with E-state index >= 15 is 9.59 Å². The second kappa shape index (κ2) is 48.2. The number of hydrogen-bond acceptors (Lipinski definition) is 24. The Labute approximate surface area is 665 Å². The summed E-state index contributed by atoms with van der Waals surface area (Å²) in [7, 11) is 0. The zero-order valence-electron chi connectivity index (χ0n) is 62.6. The van der Waals surface area contributed by atoms with Gasteiger partial charge >= 0.3 is 25.8 Å². The zero-order valence-corrected chi connectivity index (χ0v) is 65.9. The normalized spacial score (nSPS) is 20.2. The molecule has 4 heterocycles. The average molecular weight is 1660 g/mol. The number of primary amides is 1. The minimum atomic E-state index is -1.88. The van der Waals surface area contributed by atoms with Crippen molar-refractivity contribution in [3.8, 4) is 0 Å². The molecule has 2 fully saturated rings. The molecule has 39 nitrogen and oxygen atoms in total. The second-order valence-electron chi connectivity index (χ2n) is 27.2. The van der Waals surface area contributed by atoms with Crippen LogP contribution in [0.1, 0.15) is 94.4 Å². The Balaban J connectivity index is 0.0000224. The first-order chi connectivity index (χ1) is 53.0. The number of nitrogens with zero attached hydrogens (tertiary/aromatic N) is 6. The van der Waals surface area contributed by atoms with Crippen LogP contribution in [0.15, 0.2) is 90.6 Å². The monoisotopic (exact) mass is 1660 g/mol. The number of nitrogens with one attached hydrogen (secondary N) is 12. The summed E-state index contributed by atoms with van der Waals surface area (Å²) in [6.07, 6.45) is 2.03. The van der Waals surface area contributed by atoms with Gasteiger partial charge < -0.3 is 115 Å². The molecule has 8 atom stereocenters. The van der Waals surface area contributed by atoms with Gasteiger partial charge in [-0.15, -0.1) is 0 Å². The van der Waals surface area contributed by atoms with E-state index in [4.69, 9.17) is 17.2 Å². The molecule has 4 aromatic rings. The summed E-state index contributed by atoms with van der Waals surface area (Å²) in [5, 5.41) is 72.1. The van der Waals surface area contributed by atoms with E-state index in [1.54, 1.807) is 81.3 Å². The molecule has 0 radical (unpaired) electrons. The Morgan fingerprint density at radius 3 is 1.79 bits per heavy atom. The van der Waals surface area contributed by atoms with E-state index in [0.717, 1.165) is 10.9 Å². The number of imidazole rings is 1. The van der Waals surface area contributed by atoms with Crippen LogP contribution in [0.2, 0.25) is 0 Å². The third kappa shape index (κ3) is 33.5. The van der Waals surface area contributed by atoms with Crippen molar-refractivity contribution < 1.29 is 87.5 Å². The topological polar surface area (TPSA) is 597 Å². The molecule has 0 aliphatic carbocycles. The molecule has 2 aliphatic rings. The Bertz CT molecular complexity index is 3830. The van der Waals surface area contributed by atoms with Crippen molar-refractivity contribution >= 4 is 126 Å². The van der Waals surface area contributed by atoms with Crippen LogP contribution in [0, 0.1) is 0 Å². The second-order valence-corrected chi connectivity index (χ2v) is 27.2. The smallest absolute Gasteiger partial charge is 0.550 e. The number of H-pyrrole nitrogens is 2. The number of unbranched alkanes of at least 4 members (excludes halogenated alkanes) is 1. The third-order valence-electron chi connectivity index (χ3n) is 18.4. The molecule has 0 saturated carbocycles. The summed E-state index contributed by atoms with van der Waals surface area (Å²) in [6.45, 7) is 4.12. The summed E-state index contributed by atoms with van der Waals surface area (Å²) in [6, 6.07) is 3.05. The maximum absolute atomic E-state index is 15.0. The number of carbonyl (C=O) groups is 14. The Kier molecular flexibility index (Phi) is 39.5. The first-order valence-corrected chi connectivity index (χ1v) is 36.7. The number of aliphatic imine (C=N–C) groups is 1. The number of amides is 11. The number of para-hydroxylation sites is 1. The van der Waals surface area contributed by atoms with Gasteiger partial charge in [-0.3, -0.25) is 77.3 Å². The van der Waals surface area contributed by atoms with Gasteiger partial charge in [0.15, 0.2) is 5.96 Å². The van der Waals surface area contributed by atoms with E-state index in [2.05, 4.69) is 79.7 Å². The van der Waals surface area contributed by atoms with Crippen molar-refractivity contribution in [3.63, 3.8) is 0 Å². The molecule has 11 amide bonds. The van der Waals surface area contributed by atoms with Crippen molar-refractivity contribution in [2.75, 3.05) is 98.2 Å². The number of carboxylic acid groups (broad SMARTS) is 3. The predicted molar refractivity (Wildman–Crippen MR) is 401 cm³/mol. The number of benzene rings is 2. The van der Waals surface area contributed by atoms with Gasteiger partial charge in [-0.1, -0.05) is 74.9 Å². The molecule has 606 valence electrons. The summed E-state index contributed by atoms with van der Waals surface area (Å²) in [5.41, 5.74) is 19.2. The molecule has 2 aromatic carbocycles. The number of rotatable bonds is 32. The van der Waals surface area contributed by atoms with Crippen molar-refractivity contribution in [1.82, 2.24) is 87.7 Å². The number of carbonyl (C=O) groups excluding carboxylic acids is 14. The summed E-state index contributed by atoms with van der Waals surface area (Å²) in [5.74, 6) is -15.3. The van der Waals surface area contributed by atoms with Gasteiger partial charge in [0.2, 0.25) is 65.0 Å². The summed E-state index contributed by atoms with van der Waals surface area (Å²) < 4.78 is 0. The Morgan fingerprint density at radius 2 is 1.20 bits per heavy atom. The number of aromatic amines is 2. The summed E-state index contributed by atoms with van der Waals surface area (Å²) >= 11 is 0. The number of aromatic nitrogens is 3. The van der Waals surface area contributed by atoms with Crippen LogP contribution in [-0.4, -0.2) is 301 Å². The molecule has 2 saturated heterocycles. The minimum Gasteiger partial charge on any atom is -0.550 e. The molecular weight excluding hydrogens is 1560 g/mol. The molecule has 0 spiro atoms. The first kappa shape index (κ1) is 91.9. The molecular formula is C72H102InN21O18. The zero-order chi connectivity index (χ0) is 80.9. The van der Waals surface area contributed by atoms with Crippen LogP contribution in [-0.2, 0) is 86.4 Å². The van der Waals surface area contributed by atoms with Crippen LogP contribution in [0.4, 0.5) is 0 Å². The maximum Gasteiger partial charge on any atom is 3.00 e. The number of guanidine groups is 1. The number of aliphatic carboxylic acids is 3. The SMILES string of the molecule is C=C(O)CN1CCN(CC(=O)[O-])CCN(CC(=O)NCC(=O)N[C@@H](CCC(=O)[O-])C(=O)N[C@@H](CCCC)C(=O)N[C@H]2CC(=O)NCCCC[C@@H](C(N)=O)NC(=O)[C@H](Cc3c[nH]c4ccccc34)NC(=O)[C@H](CCCN=C(N)N)NC(=O)[C@@H](Cc3ccccc3)NC(=O)[C@H](Cc3cnc[nH]3)NC2=O)CCN(CC(=O)[O-])CC1.[111In+3]. The van der Waals surface area contributed by atoms with E-state index in [1.165, 1.54) is 12.5 Å². The van der Waals surface area contributed by atoms with Gasteiger partial charge in [0.1, 0.15) is 48.3 Å². The van der Waals surface area contributed by atoms with Gasteiger partial charge in [-0.05, 0) is 68.6 Å². The van der Waals surface area contributed by atoms with Crippen molar-refractivity contribution in [1.29, 1.82) is 0 Å². The molecule has 0 bridgehead atoms. The summed E-state index contributed by atoms with van der Waals surface area (Å²) in [4.78, 5) is 214. The third-order valence-corrected chi connectivity index (χ3v) is 18.4. The minimum absolute atomic E-state index is 0. The van der Waals surface area contributed by atoms with Crippen molar-refractivity contribution in [2.24, 2.45) is 22.2 Å². The fraction of sp³-hybridized carbons (Fsp3) is 0.528. The maximum atomic E-state index is 15.0. The quantitative estimate of drug-likeness (QED) is 0.00934. The number of fused-ring (bicyclic) bond motifs is 1. The largest absolute Gasteiger partial charge is 3.00 e. The number of aliphatic hydroxyl groups is 1. The van der Waals surface area contributed by atoms with Crippen LogP contribution in [0.5, 0.6) is 0 Å². The van der Waals surface area contributed by atoms with Crippen molar-refractivity contribution in [3.05, 3.63) is 102 Å². The fourth-order valence-electron chi connectivity index (χ4n) is 12.5. The van der Waals surface area contributed by atoms with Gasteiger partial charge in [0.05, 0.1) is 50.1 Å². The van der Waals surface area contributed by atoms with Crippen molar-refractivity contribution in [2.45, 2.75) is 145 Å². The molecule has 0 unspecified atom stereocenters.